The van der Waals surface area contributed by atoms with Crippen LogP contribution in [0.25, 0.3) is 11.1 Å². The van der Waals surface area contributed by atoms with Crippen LogP contribution in [-0.4, -0.2) is 61.0 Å². The number of carbonyl (C=O) groups excluding carboxylic acids is 1. The Morgan fingerprint density at radius 2 is 2.23 bits per heavy atom. The Morgan fingerprint density at radius 3 is 2.88 bits per heavy atom. The molecule has 0 radical (unpaired) electrons. The van der Waals surface area contributed by atoms with Gasteiger partial charge in [-0.1, -0.05) is 12.1 Å². The highest BCUT2D eigenvalue weighted by molar-refractivity contribution is 5.95. The second-order valence-corrected chi connectivity index (χ2v) is 6.56. The first-order valence-electron chi connectivity index (χ1n) is 8.54. The number of pyridine rings is 1. The van der Waals surface area contributed by atoms with Gasteiger partial charge in [-0.25, -0.2) is 4.98 Å². The van der Waals surface area contributed by atoms with Crippen molar-refractivity contribution in [3.8, 4) is 23.1 Å². The highest BCUT2D eigenvalue weighted by Gasteiger charge is 2.27. The second kappa shape index (κ2) is 7.54. The number of likely N-dealkylation sites (tertiary alicyclic amines) is 1. The van der Waals surface area contributed by atoms with Gasteiger partial charge in [-0.3, -0.25) is 4.79 Å². The molecule has 26 heavy (non-hydrogen) atoms. The van der Waals surface area contributed by atoms with Crippen molar-refractivity contribution < 1.29 is 9.53 Å². The van der Waals surface area contributed by atoms with E-state index in [0.717, 1.165) is 25.1 Å². The van der Waals surface area contributed by atoms with Crippen molar-refractivity contribution in [1.29, 1.82) is 5.26 Å². The van der Waals surface area contributed by atoms with Gasteiger partial charge in [0, 0.05) is 37.0 Å². The Hall–Kier alpha value is -2.91. The van der Waals surface area contributed by atoms with Gasteiger partial charge < -0.3 is 14.5 Å². The number of ether oxygens (including phenoxy) is 1. The molecule has 1 aliphatic heterocycles. The number of amides is 1. The summed E-state index contributed by atoms with van der Waals surface area (Å²) in [7, 11) is 5.41. The number of hydrogen-bond acceptors (Lipinski definition) is 5. The zero-order valence-corrected chi connectivity index (χ0v) is 15.3. The predicted octanol–water partition coefficient (Wildman–Crippen LogP) is 2.40. The molecule has 3 rings (SSSR count). The number of likely N-dealkylation sites (N-methyl/N-ethyl adjacent to an activating group) is 2. The molecule has 1 aliphatic rings. The summed E-state index contributed by atoms with van der Waals surface area (Å²) in [5.74, 6) is 0.277. The monoisotopic (exact) mass is 350 g/mol. The molecule has 0 spiro atoms. The average Bonchev–Trinajstić information content (AvgIpc) is 3.12. The molecule has 0 N–H and O–H groups in total. The van der Waals surface area contributed by atoms with Crippen molar-refractivity contribution in [2.24, 2.45) is 0 Å². The van der Waals surface area contributed by atoms with Crippen molar-refractivity contribution in [3.05, 3.63) is 47.7 Å². The second-order valence-electron chi connectivity index (χ2n) is 6.56. The molecule has 0 aliphatic carbocycles. The van der Waals surface area contributed by atoms with Gasteiger partial charge in [0.15, 0.2) is 0 Å². The van der Waals surface area contributed by atoms with Crippen molar-refractivity contribution in [1.82, 2.24) is 14.8 Å². The number of carbonyl (C=O) groups is 1. The molecule has 1 aromatic heterocycles. The molecule has 1 atom stereocenters. The van der Waals surface area contributed by atoms with Crippen molar-refractivity contribution >= 4 is 5.91 Å². The van der Waals surface area contributed by atoms with Crippen LogP contribution in [-0.2, 0) is 0 Å². The third kappa shape index (κ3) is 3.39. The fraction of sp³-hybridized carbons (Fsp3) is 0.350. The SMILES string of the molecule is COc1nccc(-c2cccc(C(=O)N(C)[C@H]3CCN(C)C3)c2)c1C#N. The molecular formula is C20H22N4O2. The third-order valence-corrected chi connectivity index (χ3v) is 4.88. The Bertz CT molecular complexity index is 859. The zero-order valence-electron chi connectivity index (χ0n) is 15.3. The van der Waals surface area contributed by atoms with E-state index < -0.39 is 0 Å². The number of aromatic nitrogens is 1. The van der Waals surface area contributed by atoms with E-state index in [0.29, 0.717) is 16.7 Å². The number of nitrogens with zero attached hydrogens (tertiary/aromatic N) is 4. The van der Waals surface area contributed by atoms with Crippen molar-refractivity contribution in [2.45, 2.75) is 12.5 Å². The summed E-state index contributed by atoms with van der Waals surface area (Å²) in [5.41, 5.74) is 2.48. The number of benzene rings is 1. The highest BCUT2D eigenvalue weighted by Crippen LogP contribution is 2.29. The van der Waals surface area contributed by atoms with Crippen LogP contribution in [0.2, 0.25) is 0 Å². The van der Waals surface area contributed by atoms with Crippen LogP contribution in [0.5, 0.6) is 5.88 Å². The van der Waals surface area contributed by atoms with Crippen LogP contribution in [0.15, 0.2) is 36.5 Å². The van der Waals surface area contributed by atoms with E-state index in [9.17, 15) is 10.1 Å². The van der Waals surface area contributed by atoms with Gasteiger partial charge >= 0.3 is 0 Å². The van der Waals surface area contributed by atoms with E-state index in [1.807, 2.05) is 36.2 Å². The largest absolute Gasteiger partial charge is 0.480 e. The quantitative estimate of drug-likeness (QED) is 0.847. The third-order valence-electron chi connectivity index (χ3n) is 4.88. The first-order valence-corrected chi connectivity index (χ1v) is 8.54. The zero-order chi connectivity index (χ0) is 18.7. The number of rotatable bonds is 4. The van der Waals surface area contributed by atoms with E-state index in [1.165, 1.54) is 7.11 Å². The van der Waals surface area contributed by atoms with Gasteiger partial charge in [0.25, 0.3) is 5.91 Å². The minimum atomic E-state index is -0.00770. The summed E-state index contributed by atoms with van der Waals surface area (Å²) in [6, 6.07) is 11.5. The summed E-state index contributed by atoms with van der Waals surface area (Å²) in [5, 5.41) is 9.48. The van der Waals surface area contributed by atoms with Crippen LogP contribution in [0.4, 0.5) is 0 Å². The Labute approximate surface area is 153 Å². The summed E-state index contributed by atoms with van der Waals surface area (Å²) < 4.78 is 5.18. The van der Waals surface area contributed by atoms with Crippen molar-refractivity contribution in [3.63, 3.8) is 0 Å². The molecule has 134 valence electrons. The topological polar surface area (TPSA) is 69.5 Å². The molecule has 0 bridgehead atoms. The summed E-state index contributed by atoms with van der Waals surface area (Å²) in [6.07, 6.45) is 2.59. The van der Waals surface area contributed by atoms with Crippen LogP contribution < -0.4 is 4.74 Å². The van der Waals surface area contributed by atoms with Gasteiger partial charge in [-0.15, -0.1) is 0 Å². The van der Waals surface area contributed by atoms with Gasteiger partial charge in [0.05, 0.1) is 7.11 Å². The van der Waals surface area contributed by atoms with Crippen LogP contribution in [0.1, 0.15) is 22.3 Å². The molecule has 0 saturated carbocycles. The summed E-state index contributed by atoms with van der Waals surface area (Å²) >= 11 is 0. The Kier molecular flexibility index (Phi) is 5.19. The molecule has 6 heteroatoms. The van der Waals surface area contributed by atoms with E-state index in [2.05, 4.69) is 23.0 Å². The molecule has 2 aromatic rings. The molecule has 1 saturated heterocycles. The Balaban J connectivity index is 1.92. The normalized spacial score (nSPS) is 16.9. The minimum absolute atomic E-state index is 0.00770. The fourth-order valence-corrected chi connectivity index (χ4v) is 3.36. The maximum Gasteiger partial charge on any atom is 0.253 e. The average molecular weight is 350 g/mol. The van der Waals surface area contributed by atoms with E-state index in [-0.39, 0.29) is 17.8 Å². The molecular weight excluding hydrogens is 328 g/mol. The highest BCUT2D eigenvalue weighted by atomic mass is 16.5. The van der Waals surface area contributed by atoms with Crippen LogP contribution in [0, 0.1) is 11.3 Å². The standard InChI is InChI=1S/C20H22N4O2/c1-23-10-8-16(13-23)24(2)20(25)15-6-4-5-14(11-15)17-7-9-22-19(26-3)18(17)12-21/h4-7,9,11,16H,8,10,13H2,1-3H3/t16-/m0/s1. The Morgan fingerprint density at radius 1 is 1.42 bits per heavy atom. The van der Waals surface area contributed by atoms with E-state index >= 15 is 0 Å². The molecule has 1 aromatic carbocycles. The van der Waals surface area contributed by atoms with Gasteiger partial charge in [-0.05, 0) is 43.8 Å². The van der Waals surface area contributed by atoms with E-state index in [4.69, 9.17) is 4.74 Å². The molecule has 6 nitrogen and oxygen atoms in total. The molecule has 0 unspecified atom stereocenters. The van der Waals surface area contributed by atoms with Crippen molar-refractivity contribution in [2.75, 3.05) is 34.3 Å². The molecule has 2 heterocycles. The lowest BCUT2D eigenvalue weighted by Crippen LogP contribution is -2.38. The smallest absolute Gasteiger partial charge is 0.253 e. The summed E-state index contributed by atoms with van der Waals surface area (Å²) in [6.45, 7) is 1.90. The van der Waals surface area contributed by atoms with E-state index in [1.54, 1.807) is 12.3 Å². The maximum atomic E-state index is 12.9. The fourth-order valence-electron chi connectivity index (χ4n) is 3.36. The number of nitriles is 1. The van der Waals surface area contributed by atoms with Gasteiger partial charge in [0.1, 0.15) is 11.6 Å². The first-order chi connectivity index (χ1) is 12.5. The van der Waals surface area contributed by atoms with Crippen LogP contribution in [0.3, 0.4) is 0 Å². The number of methoxy groups -OCH3 is 1. The predicted molar refractivity (Wildman–Crippen MR) is 98.9 cm³/mol. The molecule has 1 amide bonds. The lowest BCUT2D eigenvalue weighted by atomic mass is 9.99. The maximum absolute atomic E-state index is 12.9. The minimum Gasteiger partial charge on any atom is -0.480 e. The van der Waals surface area contributed by atoms with Crippen LogP contribution >= 0.6 is 0 Å². The van der Waals surface area contributed by atoms with Gasteiger partial charge in [-0.2, -0.15) is 5.26 Å². The number of hydrogen-bond donors (Lipinski definition) is 0. The first kappa shape index (κ1) is 17.9. The van der Waals surface area contributed by atoms with Gasteiger partial charge in [0.2, 0.25) is 5.88 Å². The lowest BCUT2D eigenvalue weighted by Gasteiger charge is -2.24. The summed E-state index contributed by atoms with van der Waals surface area (Å²) in [4.78, 5) is 21.0. The lowest BCUT2D eigenvalue weighted by molar-refractivity contribution is 0.0737. The molecule has 1 fully saturated rings.